The number of halogens is 3. The van der Waals surface area contributed by atoms with Crippen LogP contribution in [0.25, 0.3) is 11.1 Å². The molecule has 82 valence electrons. The molecule has 0 fully saturated rings. The number of hydrogen-bond donors (Lipinski definition) is 1. The van der Waals surface area contributed by atoms with Crippen molar-refractivity contribution in [3.63, 3.8) is 0 Å². The van der Waals surface area contributed by atoms with Crippen LogP contribution in [0.15, 0.2) is 35.3 Å². The van der Waals surface area contributed by atoms with E-state index >= 15 is 0 Å². The number of rotatable bonds is 1. The number of benzene rings is 1. The van der Waals surface area contributed by atoms with Gasteiger partial charge in [0.1, 0.15) is 5.82 Å². The van der Waals surface area contributed by atoms with Crippen molar-refractivity contribution in [3.8, 4) is 11.1 Å². The Kier molecular flexibility index (Phi) is 2.99. The minimum absolute atomic E-state index is 0.158. The summed E-state index contributed by atoms with van der Waals surface area (Å²) in [6.45, 7) is 0. The molecule has 16 heavy (non-hydrogen) atoms. The van der Waals surface area contributed by atoms with Crippen LogP contribution in [0.4, 0.5) is 4.39 Å². The zero-order chi connectivity index (χ0) is 11.7. The molecule has 0 atom stereocenters. The van der Waals surface area contributed by atoms with Gasteiger partial charge in [-0.25, -0.2) is 4.39 Å². The number of H-pyrrole nitrogens is 1. The molecular weight excluding hydrogens is 252 g/mol. The molecule has 0 radical (unpaired) electrons. The topological polar surface area (TPSA) is 32.9 Å². The van der Waals surface area contributed by atoms with Gasteiger partial charge in [0.25, 0.3) is 0 Å². The van der Waals surface area contributed by atoms with E-state index in [0.717, 1.165) is 12.3 Å². The fourth-order valence-corrected chi connectivity index (χ4v) is 1.88. The standard InChI is InChI=1S/C11H6Cl2FNO/c12-6-1-2-7(9(13)3-6)8-4-11(16)15-5-10(8)14/h1-5H,(H,15,16). The quantitative estimate of drug-likeness (QED) is 0.834. The Morgan fingerprint density at radius 3 is 2.56 bits per heavy atom. The first-order valence-corrected chi connectivity index (χ1v) is 5.17. The summed E-state index contributed by atoms with van der Waals surface area (Å²) in [5.41, 5.74) is 0.211. The van der Waals surface area contributed by atoms with Crippen LogP contribution < -0.4 is 5.56 Å². The van der Waals surface area contributed by atoms with Crippen LogP contribution >= 0.6 is 23.2 Å². The van der Waals surface area contributed by atoms with E-state index in [1.807, 2.05) is 0 Å². The molecule has 0 unspecified atom stereocenters. The largest absolute Gasteiger partial charge is 0.326 e. The van der Waals surface area contributed by atoms with Crippen LogP contribution in [0.5, 0.6) is 0 Å². The Hall–Kier alpha value is -1.32. The monoisotopic (exact) mass is 257 g/mol. The van der Waals surface area contributed by atoms with Gasteiger partial charge >= 0.3 is 0 Å². The lowest BCUT2D eigenvalue weighted by Crippen LogP contribution is -2.05. The van der Waals surface area contributed by atoms with Crippen molar-refractivity contribution in [3.05, 3.63) is 56.7 Å². The Morgan fingerprint density at radius 2 is 1.88 bits per heavy atom. The van der Waals surface area contributed by atoms with Crippen molar-refractivity contribution >= 4 is 23.2 Å². The summed E-state index contributed by atoms with van der Waals surface area (Å²) < 4.78 is 13.5. The maximum Gasteiger partial charge on any atom is 0.248 e. The minimum atomic E-state index is -0.538. The van der Waals surface area contributed by atoms with Gasteiger partial charge in [0.05, 0.1) is 0 Å². The lowest BCUT2D eigenvalue weighted by Gasteiger charge is -2.05. The van der Waals surface area contributed by atoms with Crippen LogP contribution in [0.2, 0.25) is 10.0 Å². The van der Waals surface area contributed by atoms with Gasteiger partial charge in [-0.05, 0) is 12.1 Å². The second-order valence-corrected chi connectivity index (χ2v) is 4.03. The van der Waals surface area contributed by atoms with E-state index in [1.165, 1.54) is 6.07 Å². The molecule has 1 aromatic carbocycles. The molecule has 0 aliphatic heterocycles. The van der Waals surface area contributed by atoms with E-state index in [-0.39, 0.29) is 11.1 Å². The number of nitrogens with one attached hydrogen (secondary N) is 1. The number of aromatic nitrogens is 1. The Bertz CT molecular complexity index is 595. The molecule has 1 aromatic heterocycles. The first-order valence-electron chi connectivity index (χ1n) is 4.41. The summed E-state index contributed by atoms with van der Waals surface area (Å²) in [6, 6.07) is 5.81. The summed E-state index contributed by atoms with van der Waals surface area (Å²) in [4.78, 5) is 13.3. The highest BCUT2D eigenvalue weighted by Crippen LogP contribution is 2.30. The van der Waals surface area contributed by atoms with Crippen LogP contribution in [0.3, 0.4) is 0 Å². The molecule has 2 rings (SSSR count). The summed E-state index contributed by atoms with van der Waals surface area (Å²) in [7, 11) is 0. The van der Waals surface area contributed by atoms with Crippen molar-refractivity contribution < 1.29 is 4.39 Å². The molecule has 0 aliphatic carbocycles. The smallest absolute Gasteiger partial charge is 0.248 e. The normalized spacial score (nSPS) is 10.4. The average molecular weight is 258 g/mol. The summed E-state index contributed by atoms with van der Waals surface area (Å²) in [5.74, 6) is -0.538. The van der Waals surface area contributed by atoms with Gasteiger partial charge in [-0.1, -0.05) is 29.3 Å². The van der Waals surface area contributed by atoms with E-state index in [2.05, 4.69) is 4.98 Å². The van der Waals surface area contributed by atoms with Gasteiger partial charge in [-0.2, -0.15) is 0 Å². The zero-order valence-corrected chi connectivity index (χ0v) is 9.44. The SMILES string of the molecule is O=c1cc(-c2ccc(Cl)cc2Cl)c(F)c[nH]1. The molecule has 0 saturated carbocycles. The predicted octanol–water partition coefficient (Wildman–Crippen LogP) is 3.49. The number of aromatic amines is 1. The van der Waals surface area contributed by atoms with Gasteiger partial charge in [-0.15, -0.1) is 0 Å². The van der Waals surface area contributed by atoms with E-state index in [4.69, 9.17) is 23.2 Å². The molecule has 2 nitrogen and oxygen atoms in total. The molecule has 5 heteroatoms. The fourth-order valence-electron chi connectivity index (χ4n) is 1.37. The second kappa shape index (κ2) is 4.28. The summed E-state index contributed by atoms with van der Waals surface area (Å²) in [5, 5.41) is 0.760. The maximum atomic E-state index is 13.5. The zero-order valence-electron chi connectivity index (χ0n) is 7.93. The third-order valence-electron chi connectivity index (χ3n) is 2.10. The Labute approximate surface area is 101 Å². The molecule has 0 saturated heterocycles. The summed E-state index contributed by atoms with van der Waals surface area (Å²) >= 11 is 11.7. The van der Waals surface area contributed by atoms with Crippen LogP contribution in [0, 0.1) is 5.82 Å². The number of hydrogen-bond acceptors (Lipinski definition) is 1. The number of pyridine rings is 1. The highest BCUT2D eigenvalue weighted by Gasteiger charge is 2.09. The lowest BCUT2D eigenvalue weighted by molar-refractivity contribution is 0.624. The van der Waals surface area contributed by atoms with Crippen molar-refractivity contribution in [2.75, 3.05) is 0 Å². The molecule has 0 amide bonds. The first-order chi connectivity index (χ1) is 7.58. The highest BCUT2D eigenvalue weighted by molar-refractivity contribution is 6.36. The van der Waals surface area contributed by atoms with Crippen LogP contribution in [-0.4, -0.2) is 4.98 Å². The molecule has 0 aliphatic rings. The lowest BCUT2D eigenvalue weighted by atomic mass is 10.1. The average Bonchev–Trinajstić information content (AvgIpc) is 2.22. The fraction of sp³-hybridized carbons (Fsp3) is 0. The van der Waals surface area contributed by atoms with Crippen molar-refractivity contribution in [1.82, 2.24) is 4.98 Å². The van der Waals surface area contributed by atoms with Gasteiger partial charge in [0.15, 0.2) is 0 Å². The van der Waals surface area contributed by atoms with Crippen molar-refractivity contribution in [2.45, 2.75) is 0 Å². The van der Waals surface area contributed by atoms with E-state index in [0.29, 0.717) is 15.6 Å². The Balaban J connectivity index is 2.67. The van der Waals surface area contributed by atoms with Gasteiger partial charge < -0.3 is 4.98 Å². The van der Waals surface area contributed by atoms with Gasteiger partial charge in [0, 0.05) is 33.4 Å². The summed E-state index contributed by atoms with van der Waals surface area (Å²) in [6.07, 6.45) is 1.00. The molecule has 1 heterocycles. The highest BCUT2D eigenvalue weighted by atomic mass is 35.5. The predicted molar refractivity (Wildman–Crippen MR) is 62.5 cm³/mol. The molecule has 0 bridgehead atoms. The van der Waals surface area contributed by atoms with Crippen LogP contribution in [-0.2, 0) is 0 Å². The Morgan fingerprint density at radius 1 is 1.12 bits per heavy atom. The second-order valence-electron chi connectivity index (χ2n) is 3.18. The molecule has 1 N–H and O–H groups in total. The van der Waals surface area contributed by atoms with E-state index in [9.17, 15) is 9.18 Å². The maximum absolute atomic E-state index is 13.5. The van der Waals surface area contributed by atoms with Crippen molar-refractivity contribution in [2.24, 2.45) is 0 Å². The minimum Gasteiger partial charge on any atom is -0.326 e. The molecular formula is C11H6Cl2FNO. The molecule has 2 aromatic rings. The third-order valence-corrected chi connectivity index (χ3v) is 2.64. The van der Waals surface area contributed by atoms with Gasteiger partial charge in [0.2, 0.25) is 5.56 Å². The van der Waals surface area contributed by atoms with E-state index < -0.39 is 5.82 Å². The van der Waals surface area contributed by atoms with Gasteiger partial charge in [-0.3, -0.25) is 4.79 Å². The molecule has 0 spiro atoms. The van der Waals surface area contributed by atoms with Crippen molar-refractivity contribution in [1.29, 1.82) is 0 Å². The third kappa shape index (κ3) is 2.10. The van der Waals surface area contributed by atoms with Crippen LogP contribution in [0.1, 0.15) is 0 Å². The first kappa shape index (κ1) is 11.2. The van der Waals surface area contributed by atoms with E-state index in [1.54, 1.807) is 12.1 Å².